The second kappa shape index (κ2) is 7.14. The van der Waals surface area contributed by atoms with E-state index in [0.717, 1.165) is 0 Å². The fraction of sp³-hybridized carbons (Fsp3) is 0.857. The van der Waals surface area contributed by atoms with Crippen LogP contribution in [0.2, 0.25) is 0 Å². The van der Waals surface area contributed by atoms with Crippen molar-refractivity contribution >= 4 is 17.7 Å². The maximum absolute atomic E-state index is 10.8. The predicted molar refractivity (Wildman–Crippen MR) is 52.0 cm³/mol. The van der Waals surface area contributed by atoms with Crippen molar-refractivity contribution < 1.29 is 15.0 Å². The highest BCUT2D eigenvalue weighted by atomic mass is 32.2. The highest BCUT2D eigenvalue weighted by molar-refractivity contribution is 7.99. The Bertz CT molecular complexity index is 157. The standard InChI is InChI=1S/C7H16N2O3S/c1-5(2-7(12)9-8)13-4-6(11)3-10/h5-6,10-11H,2-4,8H2,1H3,(H,9,12). The molecule has 0 fully saturated rings. The largest absolute Gasteiger partial charge is 0.394 e. The lowest BCUT2D eigenvalue weighted by atomic mass is 10.3. The number of hydrogen-bond acceptors (Lipinski definition) is 5. The molecule has 0 spiro atoms. The molecule has 6 heteroatoms. The quantitative estimate of drug-likeness (QED) is 0.251. The Morgan fingerprint density at radius 1 is 1.69 bits per heavy atom. The van der Waals surface area contributed by atoms with Crippen LogP contribution in [0, 0.1) is 0 Å². The van der Waals surface area contributed by atoms with Crippen LogP contribution >= 0.6 is 11.8 Å². The van der Waals surface area contributed by atoms with Gasteiger partial charge in [-0.3, -0.25) is 10.2 Å². The maximum Gasteiger partial charge on any atom is 0.234 e. The highest BCUT2D eigenvalue weighted by Gasteiger charge is 2.10. The van der Waals surface area contributed by atoms with Crippen LogP contribution in [0.3, 0.4) is 0 Å². The van der Waals surface area contributed by atoms with Crippen LogP contribution in [0.1, 0.15) is 13.3 Å². The van der Waals surface area contributed by atoms with E-state index in [1.807, 2.05) is 12.3 Å². The van der Waals surface area contributed by atoms with Gasteiger partial charge in [0.15, 0.2) is 0 Å². The molecular weight excluding hydrogens is 192 g/mol. The maximum atomic E-state index is 10.8. The second-order valence-electron chi connectivity index (χ2n) is 2.75. The SMILES string of the molecule is CC(CC(=O)NN)SCC(O)CO. The molecular formula is C7H16N2O3S. The number of rotatable bonds is 6. The van der Waals surface area contributed by atoms with E-state index in [1.54, 1.807) is 0 Å². The molecule has 78 valence electrons. The van der Waals surface area contributed by atoms with Crippen LogP contribution in [0.25, 0.3) is 0 Å². The molecule has 0 aliphatic carbocycles. The van der Waals surface area contributed by atoms with Gasteiger partial charge in [0.1, 0.15) is 0 Å². The number of thioether (sulfide) groups is 1. The van der Waals surface area contributed by atoms with Gasteiger partial charge >= 0.3 is 0 Å². The van der Waals surface area contributed by atoms with Gasteiger partial charge in [-0.15, -0.1) is 0 Å². The number of hydrogen-bond donors (Lipinski definition) is 4. The number of nitrogens with one attached hydrogen (secondary N) is 1. The lowest BCUT2D eigenvalue weighted by molar-refractivity contribution is -0.121. The van der Waals surface area contributed by atoms with E-state index in [-0.39, 0.29) is 17.8 Å². The minimum atomic E-state index is -0.714. The topological polar surface area (TPSA) is 95.6 Å². The average molecular weight is 208 g/mol. The number of nitrogens with two attached hydrogens (primary N) is 1. The van der Waals surface area contributed by atoms with E-state index in [4.69, 9.17) is 16.1 Å². The molecule has 0 aromatic carbocycles. The van der Waals surface area contributed by atoms with E-state index in [9.17, 15) is 4.79 Å². The number of carbonyl (C=O) groups excluding carboxylic acids is 1. The van der Waals surface area contributed by atoms with Gasteiger partial charge < -0.3 is 10.2 Å². The average Bonchev–Trinajstić information content (AvgIpc) is 2.13. The number of amides is 1. The molecule has 0 radical (unpaired) electrons. The van der Waals surface area contributed by atoms with E-state index >= 15 is 0 Å². The first-order valence-corrected chi connectivity index (χ1v) is 5.05. The molecule has 0 aliphatic heterocycles. The van der Waals surface area contributed by atoms with E-state index < -0.39 is 6.10 Å². The Morgan fingerprint density at radius 3 is 2.77 bits per heavy atom. The monoisotopic (exact) mass is 208 g/mol. The fourth-order valence-corrected chi connectivity index (χ4v) is 1.63. The zero-order valence-corrected chi connectivity index (χ0v) is 8.38. The van der Waals surface area contributed by atoms with Crippen LogP contribution in [0.4, 0.5) is 0 Å². The number of hydrazine groups is 1. The summed E-state index contributed by atoms with van der Waals surface area (Å²) in [5.41, 5.74) is 2.03. The lowest BCUT2D eigenvalue weighted by Gasteiger charge is -2.12. The van der Waals surface area contributed by atoms with Crippen LogP contribution < -0.4 is 11.3 Å². The van der Waals surface area contributed by atoms with Crippen molar-refractivity contribution in [2.45, 2.75) is 24.7 Å². The Balaban J connectivity index is 3.50. The summed E-state index contributed by atoms with van der Waals surface area (Å²) in [6.45, 7) is 1.62. The summed E-state index contributed by atoms with van der Waals surface area (Å²) in [4.78, 5) is 10.8. The van der Waals surface area contributed by atoms with Gasteiger partial charge in [-0.2, -0.15) is 11.8 Å². The minimum Gasteiger partial charge on any atom is -0.394 e. The van der Waals surface area contributed by atoms with Gasteiger partial charge in [-0.05, 0) is 0 Å². The molecule has 0 aromatic rings. The third kappa shape index (κ3) is 6.83. The zero-order chi connectivity index (χ0) is 10.3. The molecule has 0 rings (SSSR count). The van der Waals surface area contributed by atoms with E-state index in [1.165, 1.54) is 11.8 Å². The molecule has 2 unspecified atom stereocenters. The van der Waals surface area contributed by atoms with E-state index in [0.29, 0.717) is 12.2 Å². The number of aliphatic hydroxyl groups excluding tert-OH is 2. The summed E-state index contributed by atoms with van der Waals surface area (Å²) in [7, 11) is 0. The minimum absolute atomic E-state index is 0.0877. The number of aliphatic hydroxyl groups is 2. The van der Waals surface area contributed by atoms with Crippen molar-refractivity contribution in [1.29, 1.82) is 0 Å². The Hall–Kier alpha value is -0.300. The second-order valence-corrected chi connectivity index (χ2v) is 4.22. The van der Waals surface area contributed by atoms with Crippen LogP contribution in [0.15, 0.2) is 0 Å². The lowest BCUT2D eigenvalue weighted by Crippen LogP contribution is -2.32. The predicted octanol–water partition coefficient (Wildman–Crippen LogP) is -1.16. The third-order valence-electron chi connectivity index (χ3n) is 1.42. The first kappa shape index (κ1) is 12.7. The van der Waals surface area contributed by atoms with Gasteiger partial charge in [-0.1, -0.05) is 6.92 Å². The first-order valence-electron chi connectivity index (χ1n) is 4.00. The molecule has 13 heavy (non-hydrogen) atoms. The molecule has 0 heterocycles. The van der Waals surface area contributed by atoms with Crippen molar-refractivity contribution in [3.63, 3.8) is 0 Å². The Kier molecular flexibility index (Phi) is 6.97. The summed E-state index contributed by atoms with van der Waals surface area (Å²) in [5.74, 6) is 5.11. The molecule has 0 aliphatic rings. The highest BCUT2D eigenvalue weighted by Crippen LogP contribution is 2.14. The summed E-state index contributed by atoms with van der Waals surface area (Å²) in [5, 5.41) is 17.6. The van der Waals surface area contributed by atoms with E-state index in [2.05, 4.69) is 0 Å². The molecule has 1 amide bonds. The van der Waals surface area contributed by atoms with Crippen molar-refractivity contribution in [1.82, 2.24) is 5.43 Å². The third-order valence-corrected chi connectivity index (χ3v) is 2.73. The van der Waals surface area contributed by atoms with Gasteiger partial charge in [0.25, 0.3) is 0 Å². The molecule has 5 N–H and O–H groups in total. The molecule has 0 saturated heterocycles. The van der Waals surface area contributed by atoms with Gasteiger partial charge in [0.2, 0.25) is 5.91 Å². The van der Waals surface area contributed by atoms with Crippen LogP contribution in [0.5, 0.6) is 0 Å². The van der Waals surface area contributed by atoms with Gasteiger partial charge in [-0.25, -0.2) is 5.84 Å². The van der Waals surface area contributed by atoms with Crippen LogP contribution in [-0.2, 0) is 4.79 Å². The smallest absolute Gasteiger partial charge is 0.234 e. The van der Waals surface area contributed by atoms with Gasteiger partial charge in [0.05, 0.1) is 12.7 Å². The zero-order valence-electron chi connectivity index (χ0n) is 7.56. The normalized spacial score (nSPS) is 15.1. The summed E-state index contributed by atoms with van der Waals surface area (Å²) in [6, 6.07) is 0. The summed E-state index contributed by atoms with van der Waals surface area (Å²) in [6.07, 6.45) is -0.396. The molecule has 0 saturated carbocycles. The molecule has 0 bridgehead atoms. The fourth-order valence-electron chi connectivity index (χ4n) is 0.707. The summed E-state index contributed by atoms with van der Waals surface area (Å²) < 4.78 is 0. The Morgan fingerprint density at radius 2 is 2.31 bits per heavy atom. The number of carbonyl (C=O) groups is 1. The molecule has 5 nitrogen and oxygen atoms in total. The van der Waals surface area contributed by atoms with Crippen molar-refractivity contribution in [2.24, 2.45) is 5.84 Å². The summed E-state index contributed by atoms with van der Waals surface area (Å²) >= 11 is 1.43. The van der Waals surface area contributed by atoms with Crippen molar-refractivity contribution in [2.75, 3.05) is 12.4 Å². The van der Waals surface area contributed by atoms with Crippen LogP contribution in [-0.4, -0.2) is 39.8 Å². The molecule has 0 aromatic heterocycles. The molecule has 2 atom stereocenters. The van der Waals surface area contributed by atoms with Crippen molar-refractivity contribution in [3.05, 3.63) is 0 Å². The van der Waals surface area contributed by atoms with Crippen molar-refractivity contribution in [3.8, 4) is 0 Å². The van der Waals surface area contributed by atoms with Gasteiger partial charge in [0, 0.05) is 17.4 Å². The first-order chi connectivity index (χ1) is 6.10. The Labute approximate surface area is 81.7 Å².